The van der Waals surface area contributed by atoms with E-state index in [9.17, 15) is 15.0 Å². The molecule has 1 aliphatic heterocycles. The summed E-state index contributed by atoms with van der Waals surface area (Å²) in [6, 6.07) is 4.57. The third-order valence-corrected chi connectivity index (χ3v) is 4.49. The second-order valence-corrected chi connectivity index (χ2v) is 5.86. The van der Waals surface area contributed by atoms with Gasteiger partial charge < -0.3 is 14.9 Å². The number of ether oxygens (including phenoxy) is 1. The van der Waals surface area contributed by atoms with Gasteiger partial charge in [-0.3, -0.25) is 9.69 Å². The molecular formula is C16H21NO4. The molecule has 2 fully saturated rings. The fourth-order valence-corrected chi connectivity index (χ4v) is 3.35. The van der Waals surface area contributed by atoms with Crippen molar-refractivity contribution in [3.63, 3.8) is 0 Å². The Balaban J connectivity index is 1.69. The number of carbonyl (C=O) groups excluding carboxylic acids is 1. The van der Waals surface area contributed by atoms with Gasteiger partial charge in [0.1, 0.15) is 0 Å². The van der Waals surface area contributed by atoms with Gasteiger partial charge in [0.2, 0.25) is 0 Å². The molecule has 5 heteroatoms. The van der Waals surface area contributed by atoms with Gasteiger partial charge in [-0.15, -0.1) is 0 Å². The summed E-state index contributed by atoms with van der Waals surface area (Å²) in [5, 5.41) is 18.8. The Morgan fingerprint density at radius 1 is 1.24 bits per heavy atom. The lowest BCUT2D eigenvalue weighted by Gasteiger charge is -2.43. The predicted molar refractivity (Wildman–Crippen MR) is 77.7 cm³/mol. The highest BCUT2D eigenvalue weighted by Crippen LogP contribution is 2.29. The standard InChI is InChI=1S/C16H21NO4/c18-13-6-5-11(9-14(13)19)15(20)10-17-7-8-21-16-4-2-1-3-12(16)17/h5-6,9,12,16,18-19H,1-4,7-8,10H2. The van der Waals surface area contributed by atoms with Crippen LogP contribution in [0.15, 0.2) is 18.2 Å². The minimum Gasteiger partial charge on any atom is -0.504 e. The van der Waals surface area contributed by atoms with E-state index in [2.05, 4.69) is 4.90 Å². The summed E-state index contributed by atoms with van der Waals surface area (Å²) in [6.45, 7) is 1.79. The summed E-state index contributed by atoms with van der Waals surface area (Å²) in [6.07, 6.45) is 4.81. The van der Waals surface area contributed by atoms with E-state index in [0.29, 0.717) is 24.8 Å². The highest BCUT2D eigenvalue weighted by molar-refractivity contribution is 5.98. The van der Waals surface area contributed by atoms with Gasteiger partial charge in [-0.05, 0) is 31.0 Å². The van der Waals surface area contributed by atoms with Crippen molar-refractivity contribution in [2.75, 3.05) is 19.7 Å². The Labute approximate surface area is 124 Å². The van der Waals surface area contributed by atoms with Crippen LogP contribution in [0, 0.1) is 0 Å². The number of ketones is 1. The van der Waals surface area contributed by atoms with Crippen LogP contribution in [0.1, 0.15) is 36.0 Å². The van der Waals surface area contributed by atoms with Crippen molar-refractivity contribution in [3.05, 3.63) is 23.8 Å². The molecule has 1 saturated carbocycles. The van der Waals surface area contributed by atoms with Crippen molar-refractivity contribution in [1.82, 2.24) is 4.90 Å². The maximum Gasteiger partial charge on any atom is 0.176 e. The third kappa shape index (κ3) is 3.04. The van der Waals surface area contributed by atoms with E-state index < -0.39 is 0 Å². The SMILES string of the molecule is O=C(CN1CCOC2CCCCC21)c1ccc(O)c(O)c1. The number of morpholine rings is 1. The number of nitrogens with zero attached hydrogens (tertiary/aromatic N) is 1. The van der Waals surface area contributed by atoms with Crippen molar-refractivity contribution in [2.24, 2.45) is 0 Å². The van der Waals surface area contributed by atoms with Crippen molar-refractivity contribution in [2.45, 2.75) is 37.8 Å². The van der Waals surface area contributed by atoms with Crippen LogP contribution in [-0.4, -0.2) is 52.7 Å². The third-order valence-electron chi connectivity index (χ3n) is 4.49. The number of rotatable bonds is 3. The number of hydrogen-bond donors (Lipinski definition) is 2. The zero-order valence-corrected chi connectivity index (χ0v) is 12.0. The average Bonchev–Trinajstić information content (AvgIpc) is 2.50. The fraction of sp³-hybridized carbons (Fsp3) is 0.562. The highest BCUT2D eigenvalue weighted by atomic mass is 16.5. The number of Topliss-reactive ketones (excluding diaryl/α,β-unsaturated/α-hetero) is 1. The first-order valence-corrected chi connectivity index (χ1v) is 7.56. The van der Waals surface area contributed by atoms with E-state index in [4.69, 9.17) is 4.74 Å². The number of benzene rings is 1. The Morgan fingerprint density at radius 3 is 2.86 bits per heavy atom. The quantitative estimate of drug-likeness (QED) is 0.658. The van der Waals surface area contributed by atoms with Crippen LogP contribution in [0.2, 0.25) is 0 Å². The molecule has 5 nitrogen and oxygen atoms in total. The van der Waals surface area contributed by atoms with Crippen molar-refractivity contribution in [1.29, 1.82) is 0 Å². The summed E-state index contributed by atoms with van der Waals surface area (Å²) in [4.78, 5) is 14.6. The van der Waals surface area contributed by atoms with Crippen LogP contribution in [0.4, 0.5) is 0 Å². The van der Waals surface area contributed by atoms with Crippen LogP contribution in [0.3, 0.4) is 0 Å². The van der Waals surface area contributed by atoms with E-state index in [0.717, 1.165) is 19.4 Å². The zero-order valence-electron chi connectivity index (χ0n) is 12.0. The van der Waals surface area contributed by atoms with E-state index in [1.807, 2.05) is 0 Å². The first kappa shape index (κ1) is 14.4. The molecule has 2 N–H and O–H groups in total. The molecular weight excluding hydrogens is 270 g/mol. The lowest BCUT2D eigenvalue weighted by Crippen LogP contribution is -2.53. The molecule has 1 saturated heterocycles. The van der Waals surface area contributed by atoms with Gasteiger partial charge >= 0.3 is 0 Å². The van der Waals surface area contributed by atoms with Gasteiger partial charge in [-0.2, -0.15) is 0 Å². The Morgan fingerprint density at radius 2 is 2.05 bits per heavy atom. The average molecular weight is 291 g/mol. The Bertz CT molecular complexity index is 529. The van der Waals surface area contributed by atoms with Crippen LogP contribution >= 0.6 is 0 Å². The summed E-state index contributed by atoms with van der Waals surface area (Å²) < 4.78 is 5.81. The molecule has 2 unspecified atom stereocenters. The molecule has 0 radical (unpaired) electrons. The monoisotopic (exact) mass is 291 g/mol. The molecule has 2 atom stereocenters. The molecule has 0 bridgehead atoms. The van der Waals surface area contributed by atoms with Crippen molar-refractivity contribution in [3.8, 4) is 11.5 Å². The van der Waals surface area contributed by atoms with Crippen LogP contribution in [0.25, 0.3) is 0 Å². The molecule has 0 spiro atoms. The molecule has 1 aliphatic carbocycles. The number of phenolic OH excluding ortho intramolecular Hbond substituents is 2. The lowest BCUT2D eigenvalue weighted by molar-refractivity contribution is -0.0846. The van der Waals surface area contributed by atoms with Gasteiger partial charge in [0, 0.05) is 18.2 Å². The second-order valence-electron chi connectivity index (χ2n) is 5.86. The minimum atomic E-state index is -0.252. The van der Waals surface area contributed by atoms with Crippen molar-refractivity contribution < 1.29 is 19.7 Å². The van der Waals surface area contributed by atoms with E-state index >= 15 is 0 Å². The first-order chi connectivity index (χ1) is 10.1. The molecule has 0 amide bonds. The number of carbonyl (C=O) groups is 1. The van der Waals surface area contributed by atoms with Gasteiger partial charge in [0.15, 0.2) is 17.3 Å². The number of phenols is 2. The van der Waals surface area contributed by atoms with Crippen molar-refractivity contribution >= 4 is 5.78 Å². The van der Waals surface area contributed by atoms with Gasteiger partial charge in [-0.25, -0.2) is 0 Å². The number of hydrogen-bond acceptors (Lipinski definition) is 5. The molecule has 114 valence electrons. The highest BCUT2D eigenvalue weighted by Gasteiger charge is 2.34. The van der Waals surface area contributed by atoms with Crippen LogP contribution in [0.5, 0.6) is 11.5 Å². The summed E-state index contributed by atoms with van der Waals surface area (Å²) in [7, 11) is 0. The maximum absolute atomic E-state index is 12.4. The zero-order chi connectivity index (χ0) is 14.8. The van der Waals surface area contributed by atoms with E-state index in [1.54, 1.807) is 6.07 Å². The second kappa shape index (κ2) is 6.03. The molecule has 1 aromatic carbocycles. The minimum absolute atomic E-state index is 0.0310. The number of fused-ring (bicyclic) bond motifs is 1. The van der Waals surface area contributed by atoms with E-state index in [1.165, 1.54) is 25.0 Å². The topological polar surface area (TPSA) is 70.0 Å². The lowest BCUT2D eigenvalue weighted by atomic mass is 9.90. The van der Waals surface area contributed by atoms with E-state index in [-0.39, 0.29) is 23.4 Å². The summed E-state index contributed by atoms with van der Waals surface area (Å²) in [5.74, 6) is -0.486. The van der Waals surface area contributed by atoms with Gasteiger partial charge in [-0.1, -0.05) is 12.8 Å². The molecule has 21 heavy (non-hydrogen) atoms. The Hall–Kier alpha value is -1.59. The molecule has 1 aromatic rings. The van der Waals surface area contributed by atoms with Gasteiger partial charge in [0.05, 0.1) is 19.3 Å². The normalized spacial score (nSPS) is 26.3. The first-order valence-electron chi connectivity index (χ1n) is 7.56. The molecule has 2 aliphatic rings. The largest absolute Gasteiger partial charge is 0.504 e. The van der Waals surface area contributed by atoms with Gasteiger partial charge in [0.25, 0.3) is 0 Å². The molecule has 0 aromatic heterocycles. The Kier molecular flexibility index (Phi) is 4.12. The predicted octanol–water partition coefficient (Wildman–Crippen LogP) is 1.92. The number of aromatic hydroxyl groups is 2. The van der Waals surface area contributed by atoms with Crippen LogP contribution in [-0.2, 0) is 4.74 Å². The fourth-order valence-electron chi connectivity index (χ4n) is 3.35. The molecule has 1 heterocycles. The smallest absolute Gasteiger partial charge is 0.176 e. The summed E-state index contributed by atoms with van der Waals surface area (Å²) >= 11 is 0. The molecule has 3 rings (SSSR count). The maximum atomic E-state index is 12.4. The van der Waals surface area contributed by atoms with Crippen LogP contribution < -0.4 is 0 Å². The summed E-state index contributed by atoms with van der Waals surface area (Å²) in [5.41, 5.74) is 0.434.